The highest BCUT2D eigenvalue weighted by molar-refractivity contribution is 5.41. The van der Waals surface area contributed by atoms with E-state index >= 15 is 0 Å². The molecule has 1 aromatic carbocycles. The van der Waals surface area contributed by atoms with Gasteiger partial charge in [-0.05, 0) is 117 Å². The third-order valence-corrected chi connectivity index (χ3v) is 12.9. The lowest BCUT2D eigenvalue weighted by atomic mass is 9.50. The number of benzene rings is 1. The first-order valence-corrected chi connectivity index (χ1v) is 18.1. The van der Waals surface area contributed by atoms with Crippen molar-refractivity contribution in [3.05, 3.63) is 46.5 Å². The van der Waals surface area contributed by atoms with Gasteiger partial charge in [0.15, 0.2) is 12.1 Å². The minimum atomic E-state index is -0.346. The van der Waals surface area contributed by atoms with Crippen molar-refractivity contribution in [3.63, 3.8) is 0 Å². The molecule has 6 aliphatic rings. The lowest BCUT2D eigenvalue weighted by molar-refractivity contribution is -0.312. The molecule has 5 fully saturated rings. The molecule has 43 heavy (non-hydrogen) atoms. The Kier molecular flexibility index (Phi) is 8.64. The first kappa shape index (κ1) is 30.5. The highest BCUT2D eigenvalue weighted by Crippen LogP contribution is 2.67. The normalized spacial score (nSPS) is 38.4. The molecule has 4 aliphatic carbocycles. The topological polar surface area (TPSA) is 36.9 Å². The van der Waals surface area contributed by atoms with Crippen molar-refractivity contribution < 1.29 is 18.9 Å². The van der Waals surface area contributed by atoms with Crippen LogP contribution in [0.5, 0.6) is 0 Å². The number of hydrogen-bond acceptors (Lipinski definition) is 4. The molecule has 0 N–H and O–H groups in total. The van der Waals surface area contributed by atoms with Gasteiger partial charge in [-0.25, -0.2) is 0 Å². The van der Waals surface area contributed by atoms with Crippen LogP contribution in [0.3, 0.4) is 0 Å². The van der Waals surface area contributed by atoms with Gasteiger partial charge in [-0.3, -0.25) is 0 Å². The monoisotopic (exact) mass is 590 g/mol. The Balaban J connectivity index is 1.13. The van der Waals surface area contributed by atoms with Crippen molar-refractivity contribution in [2.45, 2.75) is 136 Å². The van der Waals surface area contributed by atoms with Gasteiger partial charge in [0.05, 0.1) is 13.2 Å². The van der Waals surface area contributed by atoms with Crippen LogP contribution in [0.15, 0.2) is 35.4 Å². The van der Waals surface area contributed by atoms with E-state index < -0.39 is 0 Å². The highest BCUT2D eigenvalue weighted by Gasteiger charge is 2.57. The Morgan fingerprint density at radius 3 is 2.47 bits per heavy atom. The van der Waals surface area contributed by atoms with Crippen molar-refractivity contribution in [1.29, 1.82) is 0 Å². The van der Waals surface area contributed by atoms with E-state index in [0.29, 0.717) is 17.3 Å². The zero-order valence-electron chi connectivity index (χ0n) is 27.6. The summed E-state index contributed by atoms with van der Waals surface area (Å²) < 4.78 is 25.1. The molecule has 4 heteroatoms. The molecule has 7 rings (SSSR count). The summed E-state index contributed by atoms with van der Waals surface area (Å²) in [5.74, 6) is 3.22. The average Bonchev–Trinajstić information content (AvgIpc) is 3.36. The lowest BCUT2D eigenvalue weighted by Gasteiger charge is -2.55. The zero-order chi connectivity index (χ0) is 29.7. The van der Waals surface area contributed by atoms with Crippen LogP contribution in [-0.4, -0.2) is 38.5 Å². The maximum Gasteiger partial charge on any atom is 0.169 e. The van der Waals surface area contributed by atoms with Gasteiger partial charge in [0, 0.05) is 37.4 Å². The molecule has 0 bridgehead atoms. The van der Waals surface area contributed by atoms with Crippen LogP contribution in [0.2, 0.25) is 0 Å². The Morgan fingerprint density at radius 2 is 1.72 bits per heavy atom. The Hall–Kier alpha value is -1.20. The molecule has 2 unspecified atom stereocenters. The smallest absolute Gasteiger partial charge is 0.169 e. The van der Waals surface area contributed by atoms with Gasteiger partial charge in [-0.15, -0.1) is 0 Å². The van der Waals surface area contributed by atoms with Crippen molar-refractivity contribution >= 4 is 0 Å². The van der Waals surface area contributed by atoms with Gasteiger partial charge < -0.3 is 18.9 Å². The molecule has 238 valence electrons. The third kappa shape index (κ3) is 5.93. The third-order valence-electron chi connectivity index (χ3n) is 12.9. The summed E-state index contributed by atoms with van der Waals surface area (Å²) >= 11 is 0. The Morgan fingerprint density at radius 1 is 0.907 bits per heavy atom. The van der Waals surface area contributed by atoms with Gasteiger partial charge >= 0.3 is 0 Å². The second-order valence-corrected chi connectivity index (χ2v) is 16.3. The summed E-state index contributed by atoms with van der Waals surface area (Å²) in [5.41, 5.74) is 7.24. The number of hydrogen-bond donors (Lipinski definition) is 0. The maximum atomic E-state index is 6.57. The second-order valence-electron chi connectivity index (χ2n) is 16.3. The molecule has 0 amide bonds. The van der Waals surface area contributed by atoms with Crippen molar-refractivity contribution in [2.75, 3.05) is 26.4 Å². The van der Waals surface area contributed by atoms with E-state index in [1.807, 2.05) is 11.1 Å². The predicted octanol–water partition coefficient (Wildman–Crippen LogP) is 9.37. The summed E-state index contributed by atoms with van der Waals surface area (Å²) in [7, 11) is 0. The fourth-order valence-corrected chi connectivity index (χ4v) is 10.5. The molecular weight excluding hydrogens is 532 g/mol. The fraction of sp³-hybridized carbons (Fsp3) is 0.795. The number of rotatable bonds is 7. The van der Waals surface area contributed by atoms with Crippen LogP contribution < -0.4 is 0 Å². The lowest BCUT2D eigenvalue weighted by Crippen LogP contribution is -2.51. The molecule has 0 radical (unpaired) electrons. The van der Waals surface area contributed by atoms with Crippen molar-refractivity contribution in [2.24, 2.45) is 34.5 Å². The second kappa shape index (κ2) is 12.2. The molecule has 1 aromatic rings. The molecular formula is C39H58O4. The van der Waals surface area contributed by atoms with Crippen LogP contribution in [0.4, 0.5) is 0 Å². The Labute approximate surface area is 261 Å². The molecule has 0 aromatic heterocycles. The minimum absolute atomic E-state index is 0.0423. The van der Waals surface area contributed by atoms with Gasteiger partial charge in [0.25, 0.3) is 0 Å². The van der Waals surface area contributed by atoms with E-state index in [4.69, 9.17) is 18.9 Å². The first-order valence-electron chi connectivity index (χ1n) is 18.1. The van der Waals surface area contributed by atoms with E-state index in [0.717, 1.165) is 76.3 Å². The van der Waals surface area contributed by atoms with Gasteiger partial charge in [0.2, 0.25) is 0 Å². The van der Waals surface area contributed by atoms with Gasteiger partial charge in [-0.1, -0.05) is 63.1 Å². The van der Waals surface area contributed by atoms with Crippen LogP contribution in [0, 0.1) is 34.5 Å². The molecule has 2 aliphatic heterocycles. The predicted molar refractivity (Wildman–Crippen MR) is 172 cm³/mol. The largest absolute Gasteiger partial charge is 0.353 e. The van der Waals surface area contributed by atoms with Crippen LogP contribution >= 0.6 is 0 Å². The molecule has 1 spiro atoms. The van der Waals surface area contributed by atoms with Crippen LogP contribution in [-0.2, 0) is 25.4 Å². The summed E-state index contributed by atoms with van der Waals surface area (Å²) in [6.45, 7) is 12.9. The van der Waals surface area contributed by atoms with Gasteiger partial charge in [0.1, 0.15) is 0 Å². The van der Waals surface area contributed by atoms with E-state index in [-0.39, 0.29) is 17.5 Å². The summed E-state index contributed by atoms with van der Waals surface area (Å²) in [4.78, 5) is 0. The SMILES string of the molecule is CCc1ccc([C@H]2C[C@@]3(C)C(CCCOC4CCCCO4)CC[C@H]3[C@@H]3CC[C@H]4CC5(CCC4=C32)OCC(C)(C)CO5)cc1. The maximum absolute atomic E-state index is 6.57. The van der Waals surface area contributed by atoms with Gasteiger partial charge in [-0.2, -0.15) is 0 Å². The standard InChI is InChI=1S/C39H58O4/c1-5-27-11-13-28(14-12-27)33-24-38(4)30(9-8-22-41-35-10-6-7-21-40-35)16-18-34(38)32-17-15-29-23-39(20-19-31(29)36(32)33)42-25-37(2,3)26-43-39/h11-14,29-30,32-35H,5-10,15-26H2,1-4H3/t29-,30?,32-,33+,34-,35?,38-/m0/s1. The summed E-state index contributed by atoms with van der Waals surface area (Å²) in [6, 6.07) is 9.79. The first-order chi connectivity index (χ1) is 20.8. The quantitative estimate of drug-likeness (QED) is 0.234. The van der Waals surface area contributed by atoms with E-state index in [1.54, 1.807) is 5.56 Å². The fourth-order valence-electron chi connectivity index (χ4n) is 10.5. The van der Waals surface area contributed by atoms with Crippen LogP contribution in [0.1, 0.15) is 128 Å². The van der Waals surface area contributed by atoms with E-state index in [9.17, 15) is 0 Å². The molecule has 3 saturated carbocycles. The Bertz CT molecular complexity index is 1140. The van der Waals surface area contributed by atoms with Crippen molar-refractivity contribution in [3.8, 4) is 0 Å². The average molecular weight is 591 g/mol. The molecule has 2 heterocycles. The molecule has 4 nitrogen and oxygen atoms in total. The molecule has 7 atom stereocenters. The number of allylic oxidation sites excluding steroid dienone is 2. The van der Waals surface area contributed by atoms with E-state index in [2.05, 4.69) is 52.0 Å². The summed E-state index contributed by atoms with van der Waals surface area (Å²) in [5, 5.41) is 0. The number of aryl methyl sites for hydroxylation is 1. The number of fused-ring (bicyclic) bond motifs is 4. The van der Waals surface area contributed by atoms with Crippen molar-refractivity contribution in [1.82, 2.24) is 0 Å². The van der Waals surface area contributed by atoms with Crippen LogP contribution in [0.25, 0.3) is 0 Å². The van der Waals surface area contributed by atoms with E-state index in [1.165, 1.54) is 63.4 Å². The zero-order valence-corrected chi connectivity index (χ0v) is 27.6. The number of ether oxygens (including phenoxy) is 4. The highest BCUT2D eigenvalue weighted by atomic mass is 16.7. The minimum Gasteiger partial charge on any atom is -0.353 e. The summed E-state index contributed by atoms with van der Waals surface area (Å²) in [6.07, 6.45) is 17.2. The molecule has 2 saturated heterocycles.